The molecule has 0 radical (unpaired) electrons. The third-order valence-corrected chi connectivity index (χ3v) is 2.76. The summed E-state index contributed by atoms with van der Waals surface area (Å²) < 4.78 is 0. The van der Waals surface area contributed by atoms with Gasteiger partial charge in [-0.3, -0.25) is 0 Å². The Morgan fingerprint density at radius 3 is 2.47 bits per heavy atom. The first kappa shape index (κ1) is 10.2. The molecule has 1 saturated heterocycles. The summed E-state index contributed by atoms with van der Waals surface area (Å²) in [6, 6.07) is 2.30. The van der Waals surface area contributed by atoms with E-state index in [1.54, 1.807) is 12.4 Å². The van der Waals surface area contributed by atoms with Crippen LogP contribution in [0.15, 0.2) is 12.4 Å². The topological polar surface area (TPSA) is 52.8 Å². The molecule has 1 aromatic rings. The molecule has 2 rings (SSSR count). The summed E-state index contributed by atoms with van der Waals surface area (Å²) in [4.78, 5) is 10.4. The Hall–Kier alpha value is -1.34. The number of anilines is 1. The maximum absolute atomic E-state index is 8.77. The summed E-state index contributed by atoms with van der Waals surface area (Å²) in [5.41, 5.74) is 0. The second kappa shape index (κ2) is 4.45. The highest BCUT2D eigenvalue weighted by Gasteiger charge is 2.20. The average molecular weight is 223 g/mol. The van der Waals surface area contributed by atoms with Crippen molar-refractivity contribution < 1.29 is 0 Å². The summed E-state index contributed by atoms with van der Waals surface area (Å²) in [6.07, 6.45) is 4.98. The largest absolute Gasteiger partial charge is 0.341 e. The van der Waals surface area contributed by atoms with E-state index < -0.39 is 0 Å². The van der Waals surface area contributed by atoms with Crippen LogP contribution in [0.5, 0.6) is 0 Å². The molecule has 1 aliphatic rings. The van der Waals surface area contributed by atoms with Crippen LogP contribution >= 0.6 is 11.6 Å². The first-order valence-electron chi connectivity index (χ1n) is 4.91. The van der Waals surface area contributed by atoms with Crippen molar-refractivity contribution in [3.63, 3.8) is 0 Å². The molecule has 1 aliphatic heterocycles. The molecule has 5 heteroatoms. The lowest BCUT2D eigenvalue weighted by molar-refractivity contribution is 0.482. The Balaban J connectivity index is 2.02. The van der Waals surface area contributed by atoms with Gasteiger partial charge in [0.1, 0.15) is 0 Å². The van der Waals surface area contributed by atoms with Crippen LogP contribution in [0.4, 0.5) is 5.95 Å². The minimum atomic E-state index is 0.188. The predicted octanol–water partition coefficient (Wildman–Crippen LogP) is 1.87. The van der Waals surface area contributed by atoms with Gasteiger partial charge in [-0.25, -0.2) is 9.97 Å². The lowest BCUT2D eigenvalue weighted by Gasteiger charge is -2.28. The molecule has 0 atom stereocenters. The van der Waals surface area contributed by atoms with Crippen molar-refractivity contribution in [1.82, 2.24) is 9.97 Å². The van der Waals surface area contributed by atoms with Gasteiger partial charge in [-0.15, -0.1) is 0 Å². The van der Waals surface area contributed by atoms with Gasteiger partial charge < -0.3 is 4.90 Å². The van der Waals surface area contributed by atoms with Crippen LogP contribution in [0.3, 0.4) is 0 Å². The quantitative estimate of drug-likeness (QED) is 0.728. The van der Waals surface area contributed by atoms with Gasteiger partial charge in [0.05, 0.1) is 23.5 Å². The van der Waals surface area contributed by atoms with Crippen molar-refractivity contribution in [3.05, 3.63) is 17.4 Å². The van der Waals surface area contributed by atoms with Crippen LogP contribution in [0.1, 0.15) is 12.8 Å². The standard InChI is InChI=1S/C10H11ClN4/c11-9-6-13-10(14-7-9)15-3-1-8(5-12)2-4-15/h6-8H,1-4H2. The van der Waals surface area contributed by atoms with Crippen molar-refractivity contribution in [1.29, 1.82) is 5.26 Å². The number of nitrogens with zero attached hydrogens (tertiary/aromatic N) is 4. The number of rotatable bonds is 1. The van der Waals surface area contributed by atoms with Crippen molar-refractivity contribution >= 4 is 17.5 Å². The molecule has 4 nitrogen and oxygen atoms in total. The Morgan fingerprint density at radius 1 is 1.33 bits per heavy atom. The van der Waals surface area contributed by atoms with Crippen molar-refractivity contribution in [2.45, 2.75) is 12.8 Å². The molecule has 0 aromatic carbocycles. The molecule has 0 aliphatic carbocycles. The molecule has 0 amide bonds. The number of nitriles is 1. The molecule has 0 N–H and O–H groups in total. The number of hydrogen-bond acceptors (Lipinski definition) is 4. The maximum atomic E-state index is 8.77. The van der Waals surface area contributed by atoms with Crippen molar-refractivity contribution in [3.8, 4) is 6.07 Å². The van der Waals surface area contributed by atoms with Gasteiger partial charge in [-0.2, -0.15) is 5.26 Å². The highest BCUT2D eigenvalue weighted by Crippen LogP contribution is 2.20. The van der Waals surface area contributed by atoms with Gasteiger partial charge in [-0.05, 0) is 12.8 Å². The maximum Gasteiger partial charge on any atom is 0.225 e. The summed E-state index contributed by atoms with van der Waals surface area (Å²) in [7, 11) is 0. The molecule has 0 saturated carbocycles. The van der Waals surface area contributed by atoms with E-state index in [-0.39, 0.29) is 5.92 Å². The summed E-state index contributed by atoms with van der Waals surface area (Å²) >= 11 is 5.71. The fourth-order valence-corrected chi connectivity index (χ4v) is 1.77. The van der Waals surface area contributed by atoms with E-state index in [1.807, 2.05) is 0 Å². The van der Waals surface area contributed by atoms with E-state index in [0.29, 0.717) is 11.0 Å². The predicted molar refractivity (Wildman–Crippen MR) is 57.6 cm³/mol. The number of piperidine rings is 1. The highest BCUT2D eigenvalue weighted by atomic mass is 35.5. The van der Waals surface area contributed by atoms with Crippen LogP contribution in [0, 0.1) is 17.2 Å². The van der Waals surface area contributed by atoms with Crippen LogP contribution in [0.25, 0.3) is 0 Å². The first-order valence-corrected chi connectivity index (χ1v) is 5.29. The number of halogens is 1. The van der Waals surface area contributed by atoms with Gasteiger partial charge in [0.25, 0.3) is 0 Å². The van der Waals surface area contributed by atoms with Crippen LogP contribution in [0.2, 0.25) is 5.02 Å². The molecule has 78 valence electrons. The lowest BCUT2D eigenvalue weighted by atomic mass is 9.99. The minimum absolute atomic E-state index is 0.188. The van der Waals surface area contributed by atoms with Gasteiger partial charge in [0, 0.05) is 19.0 Å². The Morgan fingerprint density at radius 2 is 1.93 bits per heavy atom. The Kier molecular flexibility index (Phi) is 3.02. The fraction of sp³-hybridized carbons (Fsp3) is 0.500. The van der Waals surface area contributed by atoms with Gasteiger partial charge >= 0.3 is 0 Å². The molecular weight excluding hydrogens is 212 g/mol. The molecule has 15 heavy (non-hydrogen) atoms. The Labute approximate surface area is 93.5 Å². The zero-order valence-corrected chi connectivity index (χ0v) is 8.98. The normalized spacial score (nSPS) is 17.5. The van der Waals surface area contributed by atoms with Gasteiger partial charge in [0.15, 0.2) is 0 Å². The van der Waals surface area contributed by atoms with Gasteiger partial charge in [-0.1, -0.05) is 11.6 Å². The van der Waals surface area contributed by atoms with E-state index in [4.69, 9.17) is 16.9 Å². The number of aromatic nitrogens is 2. The smallest absolute Gasteiger partial charge is 0.225 e. The summed E-state index contributed by atoms with van der Waals surface area (Å²) in [5.74, 6) is 0.893. The first-order chi connectivity index (χ1) is 7.29. The molecule has 2 heterocycles. The van der Waals surface area contributed by atoms with E-state index in [0.717, 1.165) is 25.9 Å². The van der Waals surface area contributed by atoms with Crippen LogP contribution < -0.4 is 4.90 Å². The highest BCUT2D eigenvalue weighted by molar-refractivity contribution is 6.30. The lowest BCUT2D eigenvalue weighted by Crippen LogP contribution is -2.34. The van der Waals surface area contributed by atoms with E-state index >= 15 is 0 Å². The molecule has 0 unspecified atom stereocenters. The van der Waals surface area contributed by atoms with E-state index in [1.165, 1.54) is 0 Å². The van der Waals surface area contributed by atoms with E-state index in [9.17, 15) is 0 Å². The van der Waals surface area contributed by atoms with E-state index in [2.05, 4.69) is 20.9 Å². The van der Waals surface area contributed by atoms with Crippen LogP contribution in [-0.4, -0.2) is 23.1 Å². The van der Waals surface area contributed by atoms with Crippen molar-refractivity contribution in [2.24, 2.45) is 5.92 Å². The third kappa shape index (κ3) is 2.37. The summed E-state index contributed by atoms with van der Waals surface area (Å²) in [6.45, 7) is 1.69. The average Bonchev–Trinajstić information content (AvgIpc) is 2.30. The van der Waals surface area contributed by atoms with Crippen molar-refractivity contribution in [2.75, 3.05) is 18.0 Å². The number of hydrogen-bond donors (Lipinski definition) is 0. The van der Waals surface area contributed by atoms with Gasteiger partial charge in [0.2, 0.25) is 5.95 Å². The molecule has 1 fully saturated rings. The monoisotopic (exact) mass is 222 g/mol. The Bertz CT molecular complexity index is 362. The molecule has 1 aromatic heterocycles. The fourth-order valence-electron chi connectivity index (χ4n) is 1.68. The third-order valence-electron chi connectivity index (χ3n) is 2.57. The second-order valence-corrected chi connectivity index (χ2v) is 4.03. The molecule has 0 spiro atoms. The minimum Gasteiger partial charge on any atom is -0.341 e. The zero-order chi connectivity index (χ0) is 10.7. The summed E-state index contributed by atoms with van der Waals surface area (Å²) in [5, 5.41) is 9.31. The SMILES string of the molecule is N#CC1CCN(c2ncc(Cl)cn2)CC1. The zero-order valence-electron chi connectivity index (χ0n) is 8.23. The second-order valence-electron chi connectivity index (χ2n) is 3.59. The van der Waals surface area contributed by atoms with Crippen LogP contribution in [-0.2, 0) is 0 Å². The molecule has 0 bridgehead atoms. The molecular formula is C10H11ClN4.